The van der Waals surface area contributed by atoms with Gasteiger partial charge < -0.3 is 10.9 Å². The molecule has 0 N–H and O–H groups in total. The molecule has 0 aromatic heterocycles. The zero-order chi connectivity index (χ0) is 9.40. The van der Waals surface area contributed by atoms with Crippen LogP contribution >= 0.6 is 0 Å². The normalized spacial score (nSPS) is 8.46. The smallest absolute Gasteiger partial charge is 1.00 e. The molecule has 4 nitrogen and oxygen atoms in total. The van der Waals surface area contributed by atoms with E-state index < -0.39 is 0 Å². The number of rotatable bonds is 5. The third-order valence-electron chi connectivity index (χ3n) is 1.14. The van der Waals surface area contributed by atoms with E-state index in [0.717, 1.165) is 0 Å². The number of carbonyl (C=O) groups excluding carboxylic acids is 2. The average Bonchev–Trinajstić information content (AvgIpc) is 2.02. The van der Waals surface area contributed by atoms with E-state index in [9.17, 15) is 9.59 Å². The quantitative estimate of drug-likeness (QED) is 0.379. The maximum absolute atomic E-state index is 10.7. The van der Waals surface area contributed by atoms with Crippen LogP contribution in [0.1, 0.15) is 28.1 Å². The largest absolute Gasteiger partial charge is 1.00 e. The molecular formula is C8H15NaO4. The van der Waals surface area contributed by atoms with Crippen molar-refractivity contribution in [2.24, 2.45) is 0 Å². The summed E-state index contributed by atoms with van der Waals surface area (Å²) in [4.78, 5) is 21.4. The first kappa shape index (κ1) is 15.4. The van der Waals surface area contributed by atoms with Gasteiger partial charge in [-0.3, -0.25) is 9.59 Å². The minimum atomic E-state index is -0.356. The monoisotopic (exact) mass is 198 g/mol. The summed E-state index contributed by atoms with van der Waals surface area (Å²) in [5.41, 5.74) is 0. The van der Waals surface area contributed by atoms with E-state index >= 15 is 0 Å². The third kappa shape index (κ3) is 9.86. The van der Waals surface area contributed by atoms with Crippen LogP contribution in [0.15, 0.2) is 0 Å². The molecule has 0 aliphatic carbocycles. The molecule has 0 atom stereocenters. The molecule has 0 radical (unpaired) electrons. The molecule has 0 aliphatic rings. The number of hydrogen-bond acceptors (Lipinski definition) is 4. The first-order valence-electron chi connectivity index (χ1n) is 4.02. The van der Waals surface area contributed by atoms with Crippen molar-refractivity contribution in [2.75, 3.05) is 13.2 Å². The Morgan fingerprint density at radius 3 is 1.54 bits per heavy atom. The Kier molecular flexibility index (Phi) is 11.9. The molecule has 0 rings (SSSR count). The zero-order valence-corrected chi connectivity index (χ0v) is 10.5. The summed E-state index contributed by atoms with van der Waals surface area (Å²) in [7, 11) is 0. The Hall–Kier alpha value is -0.0600. The third-order valence-corrected chi connectivity index (χ3v) is 1.14. The van der Waals surface area contributed by atoms with Crippen LogP contribution in [0.2, 0.25) is 0 Å². The maximum Gasteiger partial charge on any atom is 1.00 e. The van der Waals surface area contributed by atoms with Crippen molar-refractivity contribution in [1.82, 2.24) is 0 Å². The Morgan fingerprint density at radius 2 is 1.31 bits per heavy atom. The molecule has 0 amide bonds. The number of hydrogen-bond donors (Lipinski definition) is 0. The van der Waals surface area contributed by atoms with Crippen molar-refractivity contribution in [3.8, 4) is 0 Å². The molecule has 0 aromatic rings. The molecular weight excluding hydrogens is 183 g/mol. The van der Waals surface area contributed by atoms with E-state index in [-0.39, 0.29) is 55.8 Å². The van der Waals surface area contributed by atoms with Crippen LogP contribution in [0.4, 0.5) is 0 Å². The van der Waals surface area contributed by atoms with Crippen molar-refractivity contribution in [3.05, 3.63) is 0 Å². The van der Waals surface area contributed by atoms with Gasteiger partial charge in [-0.25, -0.2) is 0 Å². The van der Waals surface area contributed by atoms with E-state index in [1.165, 1.54) is 0 Å². The number of carbonyl (C=O) groups is 2. The molecule has 0 heterocycles. The topological polar surface area (TPSA) is 52.6 Å². The molecule has 72 valence electrons. The first-order chi connectivity index (χ1) is 5.70. The SMILES string of the molecule is CCOC(=O)CCC(=O)OCC.[H-].[Na+]. The average molecular weight is 198 g/mol. The minimum absolute atomic E-state index is 0. The van der Waals surface area contributed by atoms with Crippen molar-refractivity contribution in [1.29, 1.82) is 0 Å². The molecule has 0 unspecified atom stereocenters. The van der Waals surface area contributed by atoms with Gasteiger partial charge in [0.25, 0.3) is 0 Å². The van der Waals surface area contributed by atoms with Crippen LogP contribution in [0.3, 0.4) is 0 Å². The number of esters is 2. The van der Waals surface area contributed by atoms with E-state index in [2.05, 4.69) is 9.47 Å². The van der Waals surface area contributed by atoms with Gasteiger partial charge in [0, 0.05) is 0 Å². The molecule has 5 heteroatoms. The van der Waals surface area contributed by atoms with Crippen molar-refractivity contribution >= 4 is 11.9 Å². The van der Waals surface area contributed by atoms with Crippen LogP contribution in [0.25, 0.3) is 0 Å². The Bertz CT molecular complexity index is 145. The van der Waals surface area contributed by atoms with Crippen LogP contribution in [0.5, 0.6) is 0 Å². The van der Waals surface area contributed by atoms with E-state index in [1.54, 1.807) is 13.8 Å². The van der Waals surface area contributed by atoms with Crippen molar-refractivity contribution in [2.45, 2.75) is 26.7 Å². The summed E-state index contributed by atoms with van der Waals surface area (Å²) >= 11 is 0. The molecule has 13 heavy (non-hydrogen) atoms. The standard InChI is InChI=1S/C8H14O4.Na.H/c1-3-11-7(9)5-6-8(10)12-4-2;;/h3-6H2,1-2H3;;/q;+1;-1. The predicted molar refractivity (Wildman–Crippen MR) is 43.6 cm³/mol. The second-order valence-electron chi connectivity index (χ2n) is 2.11. The molecule has 0 saturated carbocycles. The molecule has 0 saturated heterocycles. The molecule has 0 bridgehead atoms. The predicted octanol–water partition coefficient (Wildman–Crippen LogP) is -1.99. The van der Waals surface area contributed by atoms with Gasteiger partial charge >= 0.3 is 41.5 Å². The van der Waals surface area contributed by atoms with Crippen LogP contribution in [-0.4, -0.2) is 25.2 Å². The molecule has 0 fully saturated rings. The second kappa shape index (κ2) is 10.0. The molecule has 0 spiro atoms. The fourth-order valence-electron chi connectivity index (χ4n) is 0.670. The van der Waals surface area contributed by atoms with E-state index in [1.807, 2.05) is 0 Å². The summed E-state index contributed by atoms with van der Waals surface area (Å²) in [5, 5.41) is 0. The van der Waals surface area contributed by atoms with Gasteiger partial charge in [-0.05, 0) is 13.8 Å². The van der Waals surface area contributed by atoms with Gasteiger partial charge in [-0.2, -0.15) is 0 Å². The molecule has 0 aromatic carbocycles. The van der Waals surface area contributed by atoms with Gasteiger partial charge in [0.15, 0.2) is 0 Å². The summed E-state index contributed by atoms with van der Waals surface area (Å²) < 4.78 is 9.25. The van der Waals surface area contributed by atoms with Gasteiger partial charge in [0.05, 0.1) is 26.1 Å². The van der Waals surface area contributed by atoms with Gasteiger partial charge in [-0.15, -0.1) is 0 Å². The Balaban J connectivity index is -0.000000605. The van der Waals surface area contributed by atoms with Crippen LogP contribution in [0, 0.1) is 0 Å². The van der Waals surface area contributed by atoms with Gasteiger partial charge in [0.2, 0.25) is 0 Å². The zero-order valence-electron chi connectivity index (χ0n) is 9.46. The minimum Gasteiger partial charge on any atom is -1.00 e. The van der Waals surface area contributed by atoms with Crippen molar-refractivity contribution in [3.63, 3.8) is 0 Å². The summed E-state index contributed by atoms with van der Waals surface area (Å²) in [6.07, 6.45) is 0.208. The fourth-order valence-corrected chi connectivity index (χ4v) is 0.670. The summed E-state index contributed by atoms with van der Waals surface area (Å²) in [6, 6.07) is 0. The Labute approximate surface area is 102 Å². The van der Waals surface area contributed by atoms with Crippen molar-refractivity contribution < 1.29 is 50.0 Å². The van der Waals surface area contributed by atoms with Crippen LogP contribution in [-0.2, 0) is 19.1 Å². The fraction of sp³-hybridized carbons (Fsp3) is 0.750. The summed E-state index contributed by atoms with van der Waals surface area (Å²) in [5.74, 6) is -0.712. The second-order valence-corrected chi connectivity index (χ2v) is 2.11. The van der Waals surface area contributed by atoms with Crippen LogP contribution < -0.4 is 29.6 Å². The van der Waals surface area contributed by atoms with E-state index in [4.69, 9.17) is 0 Å². The molecule has 0 aliphatic heterocycles. The van der Waals surface area contributed by atoms with Gasteiger partial charge in [-0.1, -0.05) is 0 Å². The van der Waals surface area contributed by atoms with E-state index in [0.29, 0.717) is 13.2 Å². The van der Waals surface area contributed by atoms with Gasteiger partial charge in [0.1, 0.15) is 0 Å². The maximum atomic E-state index is 10.7. The number of ether oxygens (including phenoxy) is 2. The summed E-state index contributed by atoms with van der Waals surface area (Å²) in [6.45, 7) is 4.15. The Morgan fingerprint density at radius 1 is 1.00 bits per heavy atom. The first-order valence-corrected chi connectivity index (χ1v) is 4.02.